The van der Waals surface area contributed by atoms with Crippen molar-refractivity contribution in [3.05, 3.63) is 169 Å². The van der Waals surface area contributed by atoms with E-state index in [0.717, 1.165) is 48.5 Å². The molecule has 0 atom stereocenters. The number of amides is 2. The van der Waals surface area contributed by atoms with Gasteiger partial charge in [0.2, 0.25) is 6.08 Å². The second kappa shape index (κ2) is 20.0. The molecule has 60 heavy (non-hydrogen) atoms. The van der Waals surface area contributed by atoms with Crippen LogP contribution in [-0.2, 0) is 37.2 Å². The molecule has 0 unspecified atom stereocenters. The lowest BCUT2D eigenvalue weighted by Gasteiger charge is -2.14. The van der Waals surface area contributed by atoms with E-state index in [2.05, 4.69) is 25.1 Å². The van der Waals surface area contributed by atoms with Crippen LogP contribution in [-0.4, -0.2) is 28.9 Å². The summed E-state index contributed by atoms with van der Waals surface area (Å²) in [7, 11) is -7.44. The molecule has 0 fully saturated rings. The molecule has 6 rings (SSSR count). The first-order valence-corrected chi connectivity index (χ1v) is 19.8. The topological polar surface area (TPSA) is 189 Å². The lowest BCUT2D eigenvalue weighted by molar-refractivity contribution is -0.138. The maximum Gasteiger partial charge on any atom is 0.416 e. The molecule has 312 valence electrons. The Balaban J connectivity index is 0.000000222. The Labute approximate surface area is 339 Å². The number of isocyanates is 1. The first kappa shape index (κ1) is 45.6. The van der Waals surface area contributed by atoms with Crippen molar-refractivity contribution in [1.82, 2.24) is 0 Å². The van der Waals surface area contributed by atoms with E-state index < -0.39 is 49.6 Å². The van der Waals surface area contributed by atoms with Gasteiger partial charge in [0.25, 0.3) is 20.0 Å². The zero-order valence-electron chi connectivity index (χ0n) is 30.6. The van der Waals surface area contributed by atoms with Gasteiger partial charge in [-0.15, -0.1) is 0 Å². The molecule has 6 aromatic carbocycles. The highest BCUT2D eigenvalue weighted by atomic mass is 32.2. The molecule has 0 saturated carbocycles. The number of anilines is 5. The average molecular weight is 871 g/mol. The molecule has 0 spiro atoms. The van der Waals surface area contributed by atoms with Gasteiger partial charge in [0.15, 0.2) is 0 Å². The van der Waals surface area contributed by atoms with Gasteiger partial charge in [0.1, 0.15) is 0 Å². The van der Waals surface area contributed by atoms with Crippen molar-refractivity contribution < 1.29 is 52.8 Å². The molecule has 0 aliphatic rings. The van der Waals surface area contributed by atoms with Crippen molar-refractivity contribution in [3.63, 3.8) is 0 Å². The third kappa shape index (κ3) is 13.8. The minimum absolute atomic E-state index is 0.0500. The summed E-state index contributed by atoms with van der Waals surface area (Å²) >= 11 is 0. The third-order valence-electron chi connectivity index (χ3n) is 7.57. The van der Waals surface area contributed by atoms with Crippen LogP contribution < -0.4 is 25.8 Å². The van der Waals surface area contributed by atoms with E-state index in [1.54, 1.807) is 72.8 Å². The summed E-state index contributed by atoms with van der Waals surface area (Å²) in [4.78, 5) is 25.4. The van der Waals surface area contributed by atoms with Crippen molar-refractivity contribution >= 4 is 66.3 Å². The molecule has 20 heteroatoms. The number of para-hydroxylation sites is 4. The number of aliphatic imine (C=N–C) groups is 1. The number of nitrogens with zero attached hydrogens (tertiary/aromatic N) is 1. The van der Waals surface area contributed by atoms with Crippen LogP contribution in [0.15, 0.2) is 173 Å². The predicted molar refractivity (Wildman–Crippen MR) is 215 cm³/mol. The summed E-state index contributed by atoms with van der Waals surface area (Å²) in [6.45, 7) is 0. The number of halogens is 6. The Bertz CT molecular complexity index is 2630. The number of benzene rings is 6. The van der Waals surface area contributed by atoms with E-state index >= 15 is 0 Å². The Hall–Kier alpha value is -7.15. The summed E-state index contributed by atoms with van der Waals surface area (Å²) in [6, 6.07) is 35.8. The fourth-order valence-electron chi connectivity index (χ4n) is 4.68. The Morgan fingerprint density at radius 3 is 1.37 bits per heavy atom. The van der Waals surface area contributed by atoms with Crippen molar-refractivity contribution in [2.75, 3.05) is 25.8 Å². The number of urea groups is 1. The number of nitrogens with one attached hydrogen (secondary N) is 4. The molecule has 0 aliphatic heterocycles. The van der Waals surface area contributed by atoms with Gasteiger partial charge in [0, 0.05) is 5.69 Å². The first-order valence-electron chi connectivity index (χ1n) is 16.9. The standard InChI is InChI=1S/C20H16F3N3O3S.C12H12N2O2S.C8H4F3NO/c21-20(22,23)14-10-12-15(13-11-14)24-19(27)25-17-8-4-5-9-18(17)26-30(28,29)16-6-2-1-3-7-16;13-11-8-4-5-9-12(11)14-17(15,16)10-6-2-1-3-7-10;9-8(10,11)6-1-3-7(4-2-6)12-5-13/h1-13,26H,(H2,24,25,27);1-9,14H,13H2;1-4H. The van der Waals surface area contributed by atoms with Gasteiger partial charge < -0.3 is 16.4 Å². The molecule has 6 N–H and O–H groups in total. The number of carbonyl (C=O) groups is 1. The molecule has 0 saturated heterocycles. The molecule has 12 nitrogen and oxygen atoms in total. The molecule has 0 aromatic heterocycles. The Morgan fingerprint density at radius 1 is 0.517 bits per heavy atom. The van der Waals surface area contributed by atoms with E-state index in [1.807, 2.05) is 0 Å². The number of nitrogen functional groups attached to an aromatic ring is 1. The highest BCUT2D eigenvalue weighted by Crippen LogP contribution is 2.31. The van der Waals surface area contributed by atoms with E-state index in [1.165, 1.54) is 42.5 Å². The van der Waals surface area contributed by atoms with Crippen LogP contribution in [0.2, 0.25) is 0 Å². The van der Waals surface area contributed by atoms with Crippen LogP contribution in [0.4, 0.5) is 65.3 Å². The quantitative estimate of drug-likeness (QED) is 0.0414. The monoisotopic (exact) mass is 870 g/mol. The fraction of sp³-hybridized carbons (Fsp3) is 0.0500. The lowest BCUT2D eigenvalue weighted by atomic mass is 10.2. The Kier molecular flexibility index (Phi) is 15.2. The number of rotatable bonds is 9. The number of carbonyl (C=O) groups excluding carboxylic acids is 2. The molecular weight excluding hydrogens is 839 g/mol. The molecule has 0 heterocycles. The van der Waals surface area contributed by atoms with Crippen LogP contribution >= 0.6 is 0 Å². The maximum absolute atomic E-state index is 12.6. The number of nitrogens with two attached hydrogens (primary N) is 1. The van der Waals surface area contributed by atoms with Crippen molar-refractivity contribution in [1.29, 1.82) is 0 Å². The van der Waals surface area contributed by atoms with E-state index in [9.17, 15) is 52.8 Å². The van der Waals surface area contributed by atoms with Crippen LogP contribution in [0.3, 0.4) is 0 Å². The minimum atomic E-state index is -4.48. The predicted octanol–water partition coefficient (Wildman–Crippen LogP) is 9.89. The van der Waals surface area contributed by atoms with Crippen LogP contribution in [0.25, 0.3) is 0 Å². The van der Waals surface area contributed by atoms with Gasteiger partial charge in [-0.25, -0.2) is 26.4 Å². The molecule has 2 amide bonds. The zero-order chi connectivity index (χ0) is 44.0. The summed E-state index contributed by atoms with van der Waals surface area (Å²) < 4.78 is 128. The van der Waals surface area contributed by atoms with Gasteiger partial charge in [-0.3, -0.25) is 9.44 Å². The molecule has 6 aromatic rings. The van der Waals surface area contributed by atoms with Crippen molar-refractivity contribution in [3.8, 4) is 0 Å². The number of alkyl halides is 6. The van der Waals surface area contributed by atoms with Gasteiger partial charge in [-0.05, 0) is 97.1 Å². The maximum atomic E-state index is 12.6. The normalized spacial score (nSPS) is 11.2. The molecule has 0 aliphatic carbocycles. The van der Waals surface area contributed by atoms with E-state index in [0.29, 0.717) is 11.4 Å². The third-order valence-corrected chi connectivity index (χ3v) is 10.3. The summed E-state index contributed by atoms with van der Waals surface area (Å²) in [5.41, 5.74) is 5.45. The number of sulfonamides is 2. The highest BCUT2D eigenvalue weighted by molar-refractivity contribution is 7.93. The highest BCUT2D eigenvalue weighted by Gasteiger charge is 2.30. The molecule has 0 bridgehead atoms. The second-order valence-corrected chi connectivity index (χ2v) is 15.2. The first-order chi connectivity index (χ1) is 28.3. The summed E-state index contributed by atoms with van der Waals surface area (Å²) in [5.74, 6) is 0. The smallest absolute Gasteiger partial charge is 0.397 e. The van der Waals surface area contributed by atoms with Gasteiger partial charge in [0.05, 0.1) is 49.4 Å². The summed E-state index contributed by atoms with van der Waals surface area (Å²) in [6.07, 6.45) is -7.60. The van der Waals surface area contributed by atoms with E-state index in [4.69, 9.17) is 5.73 Å². The van der Waals surface area contributed by atoms with Crippen LogP contribution in [0.5, 0.6) is 0 Å². The SMILES string of the molecule is Nc1ccccc1NS(=O)(=O)c1ccccc1.O=C(Nc1ccc(C(F)(F)F)cc1)Nc1ccccc1NS(=O)(=O)c1ccccc1.O=C=Nc1ccc(C(F)(F)F)cc1. The van der Waals surface area contributed by atoms with Gasteiger partial charge in [-0.2, -0.15) is 31.3 Å². The lowest BCUT2D eigenvalue weighted by Crippen LogP contribution is -2.21. The largest absolute Gasteiger partial charge is 0.416 e. The molecular formula is C40H32F6N6O6S2. The number of hydrogen-bond acceptors (Lipinski definition) is 8. The Morgan fingerprint density at radius 2 is 0.917 bits per heavy atom. The van der Waals surface area contributed by atoms with Gasteiger partial charge >= 0.3 is 18.4 Å². The second-order valence-electron chi connectivity index (χ2n) is 11.9. The fourth-order valence-corrected chi connectivity index (χ4v) is 6.89. The number of hydrogen-bond donors (Lipinski definition) is 5. The summed E-state index contributed by atoms with van der Waals surface area (Å²) in [5, 5.41) is 4.87. The van der Waals surface area contributed by atoms with Crippen LogP contribution in [0, 0.1) is 0 Å². The molecule has 0 radical (unpaired) electrons. The van der Waals surface area contributed by atoms with E-state index in [-0.39, 0.29) is 32.5 Å². The average Bonchev–Trinajstić information content (AvgIpc) is 3.20. The zero-order valence-corrected chi connectivity index (χ0v) is 32.2. The van der Waals surface area contributed by atoms with Crippen molar-refractivity contribution in [2.45, 2.75) is 22.1 Å². The van der Waals surface area contributed by atoms with Crippen LogP contribution in [0.1, 0.15) is 11.1 Å². The van der Waals surface area contributed by atoms with Crippen molar-refractivity contribution in [2.24, 2.45) is 4.99 Å². The minimum Gasteiger partial charge on any atom is -0.397 e. The van der Waals surface area contributed by atoms with Gasteiger partial charge in [-0.1, -0.05) is 60.7 Å².